The molecule has 0 bridgehead atoms. The van der Waals surface area contributed by atoms with Crippen molar-refractivity contribution in [2.24, 2.45) is 0 Å². The Balaban J connectivity index is 1.73. The molecule has 2 aliphatic heterocycles. The van der Waals surface area contributed by atoms with Crippen molar-refractivity contribution in [3.63, 3.8) is 0 Å². The first-order chi connectivity index (χ1) is 9.68. The molecular formula is C14H24N2O4. The number of hydrogen-bond acceptors (Lipinski definition) is 4. The van der Waals surface area contributed by atoms with Crippen LogP contribution < -0.4 is 5.32 Å². The second-order valence-electron chi connectivity index (χ2n) is 5.51. The highest BCUT2D eigenvalue weighted by atomic mass is 16.5. The lowest BCUT2D eigenvalue weighted by atomic mass is 10.0. The Morgan fingerprint density at radius 2 is 1.95 bits per heavy atom. The summed E-state index contributed by atoms with van der Waals surface area (Å²) in [5.41, 5.74) is 0. The van der Waals surface area contributed by atoms with Crippen LogP contribution in [0.4, 0.5) is 0 Å². The number of carboxylic acid groups (broad SMARTS) is 1. The van der Waals surface area contributed by atoms with Crippen molar-refractivity contribution >= 4 is 11.9 Å². The van der Waals surface area contributed by atoms with E-state index in [0.717, 1.165) is 38.8 Å². The number of carbonyl (C=O) groups excluding carboxylic acids is 1. The molecule has 2 rings (SSSR count). The molecule has 0 unspecified atom stereocenters. The normalized spacial score (nSPS) is 24.6. The molecule has 0 aliphatic carbocycles. The molecule has 20 heavy (non-hydrogen) atoms. The van der Waals surface area contributed by atoms with Gasteiger partial charge in [0.1, 0.15) is 6.04 Å². The molecule has 6 nitrogen and oxygen atoms in total. The van der Waals surface area contributed by atoms with Crippen LogP contribution in [0, 0.1) is 0 Å². The maximum atomic E-state index is 12.1. The van der Waals surface area contributed by atoms with Gasteiger partial charge in [0.05, 0.1) is 19.1 Å². The maximum Gasteiger partial charge on any atom is 0.326 e. The first-order valence-electron chi connectivity index (χ1n) is 7.53. The monoisotopic (exact) mass is 284 g/mol. The third kappa shape index (κ3) is 4.18. The third-order valence-electron chi connectivity index (χ3n) is 4.06. The zero-order chi connectivity index (χ0) is 14.4. The Kier molecular flexibility index (Phi) is 5.79. The van der Waals surface area contributed by atoms with Crippen molar-refractivity contribution in [2.45, 2.75) is 50.7 Å². The summed E-state index contributed by atoms with van der Waals surface area (Å²) < 4.78 is 5.71. The van der Waals surface area contributed by atoms with Gasteiger partial charge in [0.25, 0.3) is 0 Å². The molecule has 2 aliphatic rings. The quantitative estimate of drug-likeness (QED) is 0.773. The minimum Gasteiger partial charge on any atom is -0.480 e. The van der Waals surface area contributed by atoms with Crippen LogP contribution >= 0.6 is 0 Å². The molecule has 0 radical (unpaired) electrons. The van der Waals surface area contributed by atoms with E-state index in [-0.39, 0.29) is 18.4 Å². The molecule has 6 heteroatoms. The largest absolute Gasteiger partial charge is 0.480 e. The highest BCUT2D eigenvalue weighted by Crippen LogP contribution is 2.18. The summed E-state index contributed by atoms with van der Waals surface area (Å²) in [5, 5.41) is 12.4. The fourth-order valence-electron chi connectivity index (χ4n) is 2.91. The van der Waals surface area contributed by atoms with E-state index in [1.807, 2.05) is 0 Å². The SMILES string of the molecule is O=C(O)[C@@H]1CCCCN1C(=O)CCOC1CCNCC1. The molecule has 1 amide bonds. The number of hydrogen-bond donors (Lipinski definition) is 2. The predicted octanol–water partition coefficient (Wildman–Crippen LogP) is 0.611. The molecule has 2 N–H and O–H groups in total. The average molecular weight is 284 g/mol. The Bertz CT molecular complexity index is 342. The van der Waals surface area contributed by atoms with E-state index in [2.05, 4.69) is 5.32 Å². The van der Waals surface area contributed by atoms with E-state index in [4.69, 9.17) is 9.84 Å². The van der Waals surface area contributed by atoms with Gasteiger partial charge in [-0.05, 0) is 45.2 Å². The molecular weight excluding hydrogens is 260 g/mol. The van der Waals surface area contributed by atoms with Crippen LogP contribution in [-0.4, -0.2) is 60.3 Å². The van der Waals surface area contributed by atoms with Crippen LogP contribution in [0.2, 0.25) is 0 Å². The van der Waals surface area contributed by atoms with Gasteiger partial charge >= 0.3 is 5.97 Å². The summed E-state index contributed by atoms with van der Waals surface area (Å²) in [6.07, 6.45) is 4.83. The summed E-state index contributed by atoms with van der Waals surface area (Å²) >= 11 is 0. The molecule has 114 valence electrons. The lowest BCUT2D eigenvalue weighted by Gasteiger charge is -2.33. The summed E-state index contributed by atoms with van der Waals surface area (Å²) in [6, 6.07) is -0.643. The van der Waals surface area contributed by atoms with Crippen molar-refractivity contribution in [3.8, 4) is 0 Å². The molecule has 2 saturated heterocycles. The van der Waals surface area contributed by atoms with Crippen LogP contribution in [0.1, 0.15) is 38.5 Å². The molecule has 0 spiro atoms. The molecule has 2 fully saturated rings. The number of ether oxygens (including phenoxy) is 1. The van der Waals surface area contributed by atoms with Gasteiger partial charge in [-0.25, -0.2) is 4.79 Å². The molecule has 0 aromatic rings. The van der Waals surface area contributed by atoms with Crippen molar-refractivity contribution in [1.29, 1.82) is 0 Å². The summed E-state index contributed by atoms with van der Waals surface area (Å²) in [5.74, 6) is -0.983. The zero-order valence-corrected chi connectivity index (χ0v) is 11.8. The first kappa shape index (κ1) is 15.3. The van der Waals surface area contributed by atoms with E-state index in [0.29, 0.717) is 19.6 Å². The second kappa shape index (κ2) is 7.59. The Morgan fingerprint density at radius 1 is 1.20 bits per heavy atom. The van der Waals surface area contributed by atoms with E-state index < -0.39 is 12.0 Å². The van der Waals surface area contributed by atoms with Gasteiger partial charge in [-0.2, -0.15) is 0 Å². The molecule has 0 saturated carbocycles. The Morgan fingerprint density at radius 3 is 2.65 bits per heavy atom. The average Bonchev–Trinajstić information content (AvgIpc) is 2.48. The second-order valence-corrected chi connectivity index (χ2v) is 5.51. The number of aliphatic carboxylic acids is 1. The van der Waals surface area contributed by atoms with E-state index in [1.165, 1.54) is 4.90 Å². The lowest BCUT2D eigenvalue weighted by Crippen LogP contribution is -2.48. The molecule has 0 aromatic heterocycles. The number of amides is 1. The minimum atomic E-state index is -0.891. The van der Waals surface area contributed by atoms with Gasteiger partial charge in [0, 0.05) is 6.54 Å². The van der Waals surface area contributed by atoms with Crippen molar-refractivity contribution < 1.29 is 19.4 Å². The van der Waals surface area contributed by atoms with Crippen molar-refractivity contribution in [2.75, 3.05) is 26.2 Å². The third-order valence-corrected chi connectivity index (χ3v) is 4.06. The number of piperidine rings is 2. The summed E-state index contributed by atoms with van der Waals surface area (Å²) in [6.45, 7) is 2.88. The number of rotatable bonds is 5. The van der Waals surface area contributed by atoms with Crippen molar-refractivity contribution in [3.05, 3.63) is 0 Å². The number of carbonyl (C=O) groups is 2. The van der Waals surface area contributed by atoms with Gasteiger partial charge in [-0.15, -0.1) is 0 Å². The highest BCUT2D eigenvalue weighted by Gasteiger charge is 2.31. The molecule has 1 atom stereocenters. The number of nitrogens with one attached hydrogen (secondary N) is 1. The number of likely N-dealkylation sites (tertiary alicyclic amines) is 1. The summed E-state index contributed by atoms with van der Waals surface area (Å²) in [4.78, 5) is 24.8. The van der Waals surface area contributed by atoms with Gasteiger partial charge in [0.2, 0.25) is 5.91 Å². The van der Waals surface area contributed by atoms with E-state index >= 15 is 0 Å². The van der Waals surface area contributed by atoms with Crippen LogP contribution in [0.15, 0.2) is 0 Å². The lowest BCUT2D eigenvalue weighted by molar-refractivity contribution is -0.152. The first-order valence-corrected chi connectivity index (χ1v) is 7.53. The summed E-state index contributed by atoms with van der Waals surface area (Å²) in [7, 11) is 0. The van der Waals surface area contributed by atoms with E-state index in [9.17, 15) is 9.59 Å². The molecule has 2 heterocycles. The van der Waals surface area contributed by atoms with Gasteiger partial charge in [-0.3, -0.25) is 4.79 Å². The Labute approximate surface area is 119 Å². The predicted molar refractivity (Wildman–Crippen MR) is 73.4 cm³/mol. The fourth-order valence-corrected chi connectivity index (χ4v) is 2.91. The van der Waals surface area contributed by atoms with Crippen LogP contribution in [0.25, 0.3) is 0 Å². The van der Waals surface area contributed by atoms with E-state index in [1.54, 1.807) is 0 Å². The molecule has 0 aromatic carbocycles. The van der Waals surface area contributed by atoms with Crippen LogP contribution in [0.3, 0.4) is 0 Å². The van der Waals surface area contributed by atoms with Crippen molar-refractivity contribution in [1.82, 2.24) is 10.2 Å². The minimum absolute atomic E-state index is 0.0916. The highest BCUT2D eigenvalue weighted by molar-refractivity contribution is 5.83. The smallest absolute Gasteiger partial charge is 0.326 e. The number of carboxylic acids is 1. The Hall–Kier alpha value is -1.14. The standard InChI is InChI=1S/C14H24N2O4/c17-13(6-10-20-11-4-7-15-8-5-11)16-9-2-1-3-12(16)14(18)19/h11-12,15H,1-10H2,(H,18,19)/t12-/m0/s1. The van der Waals surface area contributed by atoms with Gasteiger partial charge in [0.15, 0.2) is 0 Å². The fraction of sp³-hybridized carbons (Fsp3) is 0.857. The van der Waals surface area contributed by atoms with Crippen LogP contribution in [-0.2, 0) is 14.3 Å². The maximum absolute atomic E-state index is 12.1. The topological polar surface area (TPSA) is 78.9 Å². The zero-order valence-electron chi connectivity index (χ0n) is 11.8. The van der Waals surface area contributed by atoms with Gasteiger partial charge < -0.3 is 20.1 Å². The van der Waals surface area contributed by atoms with Gasteiger partial charge in [-0.1, -0.05) is 0 Å². The number of nitrogens with zero attached hydrogens (tertiary/aromatic N) is 1. The van der Waals surface area contributed by atoms with Crippen LogP contribution in [0.5, 0.6) is 0 Å².